The molecular formula is C15H12FNO3. The predicted octanol–water partition coefficient (Wildman–Crippen LogP) is 1.69. The van der Waals surface area contributed by atoms with Crippen molar-refractivity contribution in [3.05, 3.63) is 59.3 Å². The second kappa shape index (κ2) is 6.55. The molecule has 1 aromatic carbocycles. The molecule has 0 saturated heterocycles. The van der Waals surface area contributed by atoms with Gasteiger partial charge in [-0.25, -0.2) is 4.39 Å². The molecule has 0 aliphatic heterocycles. The Labute approximate surface area is 115 Å². The second-order valence-corrected chi connectivity index (χ2v) is 3.93. The minimum atomic E-state index is -0.431. The van der Waals surface area contributed by atoms with Crippen molar-refractivity contribution in [3.63, 3.8) is 0 Å². The average molecular weight is 273 g/mol. The van der Waals surface area contributed by atoms with E-state index in [1.165, 1.54) is 30.5 Å². The molecule has 0 aliphatic rings. The number of hydrogen-bond acceptors (Lipinski definition) is 3. The number of benzene rings is 1. The summed E-state index contributed by atoms with van der Waals surface area (Å²) in [7, 11) is 0. The minimum absolute atomic E-state index is 0.0278. The van der Waals surface area contributed by atoms with Crippen LogP contribution in [0.1, 0.15) is 21.7 Å². The molecular weight excluding hydrogens is 261 g/mol. The Balaban J connectivity index is 2.07. The van der Waals surface area contributed by atoms with Gasteiger partial charge in [0.15, 0.2) is 5.76 Å². The Kier molecular flexibility index (Phi) is 4.53. The fourth-order valence-corrected chi connectivity index (χ4v) is 1.60. The molecule has 0 aliphatic carbocycles. The van der Waals surface area contributed by atoms with E-state index in [0.29, 0.717) is 11.1 Å². The lowest BCUT2D eigenvalue weighted by Gasteiger charge is -2.05. The molecule has 2 N–H and O–H groups in total. The van der Waals surface area contributed by atoms with Crippen LogP contribution in [-0.4, -0.2) is 17.6 Å². The molecule has 1 amide bonds. The Hall–Kier alpha value is -2.58. The molecule has 0 unspecified atom stereocenters. The summed E-state index contributed by atoms with van der Waals surface area (Å²) in [5, 5.41) is 11.2. The van der Waals surface area contributed by atoms with Crippen LogP contribution in [0, 0.1) is 17.7 Å². The fourth-order valence-electron chi connectivity index (χ4n) is 1.60. The number of nitrogens with one attached hydrogen (secondary N) is 1. The van der Waals surface area contributed by atoms with E-state index in [1.54, 1.807) is 6.07 Å². The van der Waals surface area contributed by atoms with E-state index in [4.69, 9.17) is 9.52 Å². The number of amides is 1. The maximum absolute atomic E-state index is 13.6. The van der Waals surface area contributed by atoms with Crippen molar-refractivity contribution in [1.29, 1.82) is 0 Å². The van der Waals surface area contributed by atoms with Gasteiger partial charge in [-0.15, -0.1) is 0 Å². The van der Waals surface area contributed by atoms with Gasteiger partial charge in [-0.1, -0.05) is 11.8 Å². The monoisotopic (exact) mass is 273 g/mol. The lowest BCUT2D eigenvalue weighted by molar-refractivity contribution is 0.0923. The number of halogens is 1. The maximum Gasteiger partial charge on any atom is 0.287 e. The van der Waals surface area contributed by atoms with Crippen LogP contribution in [0.5, 0.6) is 0 Å². The quantitative estimate of drug-likeness (QED) is 0.837. The number of aliphatic hydroxyl groups excluding tert-OH is 1. The Morgan fingerprint density at radius 3 is 2.95 bits per heavy atom. The van der Waals surface area contributed by atoms with Crippen molar-refractivity contribution in [3.8, 4) is 11.8 Å². The average Bonchev–Trinajstić information content (AvgIpc) is 2.99. The third-order valence-electron chi connectivity index (χ3n) is 2.54. The van der Waals surface area contributed by atoms with Crippen LogP contribution in [0.3, 0.4) is 0 Å². The SMILES string of the molecule is O=C(NCc1cc(C#CCO)ccc1F)c1ccco1. The zero-order valence-electron chi connectivity index (χ0n) is 10.5. The molecule has 4 nitrogen and oxygen atoms in total. The summed E-state index contributed by atoms with van der Waals surface area (Å²) in [6.45, 7) is -0.234. The van der Waals surface area contributed by atoms with Crippen LogP contribution in [0.2, 0.25) is 0 Å². The first kappa shape index (κ1) is 13.8. The highest BCUT2D eigenvalue weighted by atomic mass is 19.1. The van der Waals surface area contributed by atoms with Crippen molar-refractivity contribution < 1.29 is 18.7 Å². The van der Waals surface area contributed by atoms with E-state index < -0.39 is 11.7 Å². The van der Waals surface area contributed by atoms with E-state index in [-0.39, 0.29) is 18.9 Å². The van der Waals surface area contributed by atoms with E-state index >= 15 is 0 Å². The summed E-state index contributed by atoms with van der Waals surface area (Å²) in [5.74, 6) is 4.48. The summed E-state index contributed by atoms with van der Waals surface area (Å²) in [6, 6.07) is 7.43. The van der Waals surface area contributed by atoms with E-state index in [0.717, 1.165) is 0 Å². The Morgan fingerprint density at radius 1 is 1.40 bits per heavy atom. The third kappa shape index (κ3) is 3.46. The van der Waals surface area contributed by atoms with Gasteiger partial charge in [0.05, 0.1) is 6.26 Å². The van der Waals surface area contributed by atoms with Gasteiger partial charge in [0.25, 0.3) is 5.91 Å². The van der Waals surface area contributed by atoms with Gasteiger partial charge < -0.3 is 14.8 Å². The predicted molar refractivity (Wildman–Crippen MR) is 70.2 cm³/mol. The van der Waals surface area contributed by atoms with Crippen LogP contribution in [0.4, 0.5) is 4.39 Å². The lowest BCUT2D eigenvalue weighted by Crippen LogP contribution is -2.22. The van der Waals surface area contributed by atoms with Gasteiger partial charge in [0, 0.05) is 17.7 Å². The van der Waals surface area contributed by atoms with Crippen molar-refractivity contribution in [2.45, 2.75) is 6.54 Å². The molecule has 102 valence electrons. The summed E-state index contributed by atoms with van der Waals surface area (Å²) in [4.78, 5) is 11.7. The first-order chi connectivity index (χ1) is 9.70. The highest BCUT2D eigenvalue weighted by molar-refractivity contribution is 5.91. The molecule has 0 spiro atoms. The largest absolute Gasteiger partial charge is 0.459 e. The second-order valence-electron chi connectivity index (χ2n) is 3.93. The minimum Gasteiger partial charge on any atom is -0.459 e. The molecule has 2 aromatic rings. The van der Waals surface area contributed by atoms with E-state index in [9.17, 15) is 9.18 Å². The lowest BCUT2D eigenvalue weighted by atomic mass is 10.1. The van der Waals surface area contributed by atoms with Crippen LogP contribution < -0.4 is 5.32 Å². The van der Waals surface area contributed by atoms with Gasteiger partial charge in [-0.3, -0.25) is 4.79 Å². The highest BCUT2D eigenvalue weighted by Crippen LogP contribution is 2.10. The van der Waals surface area contributed by atoms with Gasteiger partial charge in [-0.2, -0.15) is 0 Å². The first-order valence-corrected chi connectivity index (χ1v) is 5.90. The molecule has 0 radical (unpaired) electrons. The van der Waals surface area contributed by atoms with Gasteiger partial charge in [0.2, 0.25) is 0 Å². The number of rotatable bonds is 3. The van der Waals surface area contributed by atoms with Gasteiger partial charge >= 0.3 is 0 Å². The van der Waals surface area contributed by atoms with Crippen LogP contribution >= 0.6 is 0 Å². The third-order valence-corrected chi connectivity index (χ3v) is 2.54. The molecule has 0 bridgehead atoms. The molecule has 0 atom stereocenters. The van der Waals surface area contributed by atoms with Gasteiger partial charge in [0.1, 0.15) is 12.4 Å². The van der Waals surface area contributed by atoms with Crippen molar-refractivity contribution >= 4 is 5.91 Å². The van der Waals surface area contributed by atoms with Crippen molar-refractivity contribution in [2.75, 3.05) is 6.61 Å². The number of carbonyl (C=O) groups excluding carboxylic acids is 1. The van der Waals surface area contributed by atoms with Gasteiger partial charge in [-0.05, 0) is 30.3 Å². The molecule has 0 fully saturated rings. The Bertz CT molecular complexity index is 653. The summed E-state index contributed by atoms with van der Waals surface area (Å²) >= 11 is 0. The standard InChI is InChI=1S/C15H12FNO3/c16-13-6-5-11(3-1-7-18)9-12(13)10-17-15(19)14-4-2-8-20-14/h2,4-6,8-9,18H,7,10H2,(H,17,19). The molecule has 5 heteroatoms. The van der Waals surface area contributed by atoms with Crippen LogP contribution in [0.25, 0.3) is 0 Å². The summed E-state index contributed by atoms with van der Waals surface area (Å²) < 4.78 is 18.5. The number of furan rings is 1. The first-order valence-electron chi connectivity index (χ1n) is 5.90. The molecule has 20 heavy (non-hydrogen) atoms. The Morgan fingerprint density at radius 2 is 2.25 bits per heavy atom. The topological polar surface area (TPSA) is 62.5 Å². The normalized spacial score (nSPS) is 9.70. The summed E-state index contributed by atoms with van der Waals surface area (Å²) in [6.07, 6.45) is 1.39. The number of aliphatic hydroxyl groups is 1. The zero-order valence-corrected chi connectivity index (χ0v) is 10.5. The molecule has 0 saturated carbocycles. The number of hydrogen-bond donors (Lipinski definition) is 2. The van der Waals surface area contributed by atoms with Crippen LogP contribution in [0.15, 0.2) is 41.0 Å². The zero-order chi connectivity index (χ0) is 14.4. The van der Waals surface area contributed by atoms with Crippen LogP contribution in [-0.2, 0) is 6.54 Å². The molecule has 1 heterocycles. The van der Waals surface area contributed by atoms with Crippen molar-refractivity contribution in [1.82, 2.24) is 5.32 Å². The summed E-state index contributed by atoms with van der Waals surface area (Å²) in [5.41, 5.74) is 0.886. The smallest absolute Gasteiger partial charge is 0.287 e. The highest BCUT2D eigenvalue weighted by Gasteiger charge is 2.09. The molecule has 1 aromatic heterocycles. The molecule has 2 rings (SSSR count). The maximum atomic E-state index is 13.6. The number of carbonyl (C=O) groups is 1. The fraction of sp³-hybridized carbons (Fsp3) is 0.133. The van der Waals surface area contributed by atoms with E-state index in [2.05, 4.69) is 17.2 Å². The van der Waals surface area contributed by atoms with E-state index in [1.807, 2.05) is 0 Å². The van der Waals surface area contributed by atoms with Crippen molar-refractivity contribution in [2.24, 2.45) is 0 Å².